The number of non-ortho nitro benzene ring substituents is 1. The Balaban J connectivity index is 1.76. The summed E-state index contributed by atoms with van der Waals surface area (Å²) in [4.78, 5) is 26.8. The Morgan fingerprint density at radius 1 is 1.50 bits per heavy atom. The molecule has 1 aromatic carbocycles. The van der Waals surface area contributed by atoms with Crippen molar-refractivity contribution in [1.82, 2.24) is 15.6 Å². The molecule has 0 bridgehead atoms. The van der Waals surface area contributed by atoms with Gasteiger partial charge in [-0.3, -0.25) is 14.9 Å². The van der Waals surface area contributed by atoms with Crippen LogP contribution in [0.1, 0.15) is 16.9 Å². The summed E-state index contributed by atoms with van der Waals surface area (Å²) in [7, 11) is 0. The molecule has 1 unspecified atom stereocenters. The molecule has 8 heteroatoms. The maximum Gasteiger partial charge on any atom is 0.271 e. The highest BCUT2D eigenvalue weighted by molar-refractivity contribution is 7.13. The van der Waals surface area contributed by atoms with Crippen molar-refractivity contribution in [3.63, 3.8) is 0 Å². The number of nitrogens with one attached hydrogen (secondary N) is 2. The van der Waals surface area contributed by atoms with Crippen LogP contribution in [0.3, 0.4) is 0 Å². The average Bonchev–Trinajstić information content (AvgIpc) is 3.18. The average molecular weight is 318 g/mol. The van der Waals surface area contributed by atoms with Crippen molar-refractivity contribution >= 4 is 22.9 Å². The number of nitro benzene ring substituents is 1. The Kier molecular flexibility index (Phi) is 4.12. The lowest BCUT2D eigenvalue weighted by Crippen LogP contribution is -2.36. The smallest absolute Gasteiger partial charge is 0.271 e. The van der Waals surface area contributed by atoms with E-state index in [4.69, 9.17) is 0 Å². The van der Waals surface area contributed by atoms with E-state index in [9.17, 15) is 14.9 Å². The number of benzene rings is 1. The number of thiazole rings is 1. The summed E-state index contributed by atoms with van der Waals surface area (Å²) in [6, 6.07) is 6.38. The SMILES string of the molecule is O=C(NC1CCNC1)c1csc(-c2cccc([N+](=O)[O-])c2)n1. The number of nitrogens with zero attached hydrogens (tertiary/aromatic N) is 2. The van der Waals surface area contributed by atoms with E-state index in [0.717, 1.165) is 19.5 Å². The molecule has 22 heavy (non-hydrogen) atoms. The number of aromatic nitrogens is 1. The van der Waals surface area contributed by atoms with Gasteiger partial charge in [0.25, 0.3) is 11.6 Å². The number of nitro groups is 1. The molecule has 1 atom stereocenters. The molecule has 2 heterocycles. The zero-order chi connectivity index (χ0) is 15.5. The third kappa shape index (κ3) is 3.12. The Morgan fingerprint density at radius 3 is 3.09 bits per heavy atom. The van der Waals surface area contributed by atoms with Gasteiger partial charge in [-0.05, 0) is 13.0 Å². The summed E-state index contributed by atoms with van der Waals surface area (Å²) < 4.78 is 0. The molecule has 3 rings (SSSR count). The lowest BCUT2D eigenvalue weighted by Gasteiger charge is -2.09. The first-order valence-electron chi connectivity index (χ1n) is 6.85. The monoisotopic (exact) mass is 318 g/mol. The first-order valence-corrected chi connectivity index (χ1v) is 7.73. The highest BCUT2D eigenvalue weighted by Crippen LogP contribution is 2.26. The quantitative estimate of drug-likeness (QED) is 0.662. The van der Waals surface area contributed by atoms with Gasteiger partial charge in [-0.25, -0.2) is 4.98 Å². The minimum Gasteiger partial charge on any atom is -0.347 e. The minimum atomic E-state index is -0.447. The zero-order valence-electron chi connectivity index (χ0n) is 11.6. The van der Waals surface area contributed by atoms with Crippen LogP contribution in [0.4, 0.5) is 5.69 Å². The van der Waals surface area contributed by atoms with Crippen molar-refractivity contribution in [2.75, 3.05) is 13.1 Å². The first kappa shape index (κ1) is 14.6. The fraction of sp³-hybridized carbons (Fsp3) is 0.286. The largest absolute Gasteiger partial charge is 0.347 e. The highest BCUT2D eigenvalue weighted by atomic mass is 32.1. The van der Waals surface area contributed by atoms with Crippen molar-refractivity contribution in [3.05, 3.63) is 45.5 Å². The molecule has 2 aromatic rings. The number of amides is 1. The van der Waals surface area contributed by atoms with Gasteiger partial charge < -0.3 is 10.6 Å². The molecule has 1 aromatic heterocycles. The van der Waals surface area contributed by atoms with Crippen LogP contribution in [0.15, 0.2) is 29.6 Å². The molecular formula is C14H14N4O3S. The minimum absolute atomic E-state index is 0.00994. The molecule has 1 aliphatic heterocycles. The second-order valence-electron chi connectivity index (χ2n) is 5.01. The second-order valence-corrected chi connectivity index (χ2v) is 5.87. The Bertz CT molecular complexity index is 710. The summed E-state index contributed by atoms with van der Waals surface area (Å²) in [6.07, 6.45) is 0.910. The number of rotatable bonds is 4. The molecule has 1 aliphatic rings. The molecule has 7 nitrogen and oxygen atoms in total. The fourth-order valence-corrected chi connectivity index (χ4v) is 3.10. The number of hydrogen-bond donors (Lipinski definition) is 2. The lowest BCUT2D eigenvalue weighted by molar-refractivity contribution is -0.384. The van der Waals surface area contributed by atoms with Gasteiger partial charge in [0.15, 0.2) is 0 Å². The van der Waals surface area contributed by atoms with E-state index in [0.29, 0.717) is 16.3 Å². The van der Waals surface area contributed by atoms with Gasteiger partial charge in [-0.1, -0.05) is 12.1 Å². The van der Waals surface area contributed by atoms with Gasteiger partial charge in [0, 0.05) is 35.7 Å². The van der Waals surface area contributed by atoms with Crippen LogP contribution in [-0.2, 0) is 0 Å². The molecule has 0 aliphatic carbocycles. The highest BCUT2D eigenvalue weighted by Gasteiger charge is 2.19. The van der Waals surface area contributed by atoms with Gasteiger partial charge in [0.05, 0.1) is 4.92 Å². The molecule has 0 radical (unpaired) electrons. The number of carbonyl (C=O) groups excluding carboxylic acids is 1. The maximum absolute atomic E-state index is 12.1. The Hall–Kier alpha value is -2.32. The Morgan fingerprint density at radius 2 is 2.36 bits per heavy atom. The third-order valence-electron chi connectivity index (χ3n) is 3.44. The van der Waals surface area contributed by atoms with E-state index in [1.165, 1.54) is 23.5 Å². The third-order valence-corrected chi connectivity index (χ3v) is 4.33. The molecule has 2 N–H and O–H groups in total. The molecule has 1 fully saturated rings. The maximum atomic E-state index is 12.1. The van der Waals surface area contributed by atoms with Gasteiger partial charge in [-0.15, -0.1) is 11.3 Å². The van der Waals surface area contributed by atoms with Crippen LogP contribution >= 0.6 is 11.3 Å². The predicted molar refractivity (Wildman–Crippen MR) is 82.9 cm³/mol. The summed E-state index contributed by atoms with van der Waals surface area (Å²) in [5.41, 5.74) is 0.995. The van der Waals surface area contributed by atoms with E-state index < -0.39 is 4.92 Å². The molecule has 1 saturated heterocycles. The number of hydrogen-bond acceptors (Lipinski definition) is 6. The van der Waals surface area contributed by atoms with Crippen molar-refractivity contribution < 1.29 is 9.72 Å². The van der Waals surface area contributed by atoms with Gasteiger partial charge in [0.1, 0.15) is 10.7 Å². The van der Waals surface area contributed by atoms with E-state index >= 15 is 0 Å². The second kappa shape index (κ2) is 6.20. The van der Waals surface area contributed by atoms with Gasteiger partial charge >= 0.3 is 0 Å². The molecule has 0 spiro atoms. The van der Waals surface area contributed by atoms with Crippen LogP contribution in [0, 0.1) is 10.1 Å². The standard InChI is InChI=1S/C14H14N4O3S/c19-13(16-10-4-5-15-7-10)12-8-22-14(17-12)9-2-1-3-11(6-9)18(20)21/h1-3,6,8,10,15H,4-5,7H2,(H,16,19). The first-order chi connectivity index (χ1) is 10.6. The van der Waals surface area contributed by atoms with E-state index in [-0.39, 0.29) is 17.6 Å². The van der Waals surface area contributed by atoms with Crippen molar-refractivity contribution in [2.24, 2.45) is 0 Å². The number of carbonyl (C=O) groups is 1. The fourth-order valence-electron chi connectivity index (χ4n) is 2.30. The van der Waals surface area contributed by atoms with Crippen molar-refractivity contribution in [3.8, 4) is 10.6 Å². The van der Waals surface area contributed by atoms with Crippen molar-refractivity contribution in [1.29, 1.82) is 0 Å². The summed E-state index contributed by atoms with van der Waals surface area (Å²) in [5.74, 6) is -0.207. The zero-order valence-corrected chi connectivity index (χ0v) is 12.4. The lowest BCUT2D eigenvalue weighted by atomic mass is 10.2. The molecular weight excluding hydrogens is 304 g/mol. The normalized spacial score (nSPS) is 17.4. The molecule has 1 amide bonds. The van der Waals surface area contributed by atoms with E-state index in [1.54, 1.807) is 17.5 Å². The summed E-state index contributed by atoms with van der Waals surface area (Å²) in [6.45, 7) is 1.68. The van der Waals surface area contributed by atoms with Gasteiger partial charge in [-0.2, -0.15) is 0 Å². The van der Waals surface area contributed by atoms with Crippen LogP contribution in [0.2, 0.25) is 0 Å². The molecule has 114 valence electrons. The van der Waals surface area contributed by atoms with Crippen LogP contribution in [0.25, 0.3) is 10.6 Å². The summed E-state index contributed by atoms with van der Waals surface area (Å²) >= 11 is 1.30. The van der Waals surface area contributed by atoms with Crippen LogP contribution in [-0.4, -0.2) is 34.9 Å². The van der Waals surface area contributed by atoms with Gasteiger partial charge in [0.2, 0.25) is 0 Å². The summed E-state index contributed by atoms with van der Waals surface area (Å²) in [5, 5.41) is 19.2. The van der Waals surface area contributed by atoms with Crippen molar-refractivity contribution in [2.45, 2.75) is 12.5 Å². The van der Waals surface area contributed by atoms with E-state index in [2.05, 4.69) is 15.6 Å². The topological polar surface area (TPSA) is 97.2 Å². The van der Waals surface area contributed by atoms with E-state index in [1.807, 2.05) is 0 Å². The Labute approximate surface area is 130 Å². The van der Waals surface area contributed by atoms with Crippen LogP contribution in [0.5, 0.6) is 0 Å². The predicted octanol–water partition coefficient (Wildman–Crippen LogP) is 1.81. The molecule has 0 saturated carbocycles. The van der Waals surface area contributed by atoms with Crippen LogP contribution < -0.4 is 10.6 Å².